The Hall–Kier alpha value is -2.14. The third-order valence-corrected chi connectivity index (χ3v) is 4.47. The number of rotatable bonds is 6. The fourth-order valence-electron chi connectivity index (χ4n) is 2.99. The molecule has 136 valence electrons. The van der Waals surface area contributed by atoms with Gasteiger partial charge in [-0.3, -0.25) is 9.59 Å². The van der Waals surface area contributed by atoms with E-state index in [1.165, 1.54) is 10.5 Å². The molecule has 0 spiro atoms. The maximum Gasteiger partial charge on any atom is 0.290 e. The lowest BCUT2D eigenvalue weighted by atomic mass is 9.82. The van der Waals surface area contributed by atoms with Crippen LogP contribution in [0.4, 0.5) is 0 Å². The summed E-state index contributed by atoms with van der Waals surface area (Å²) in [5.74, 6) is -1.18. The maximum absolute atomic E-state index is 12.9. The van der Waals surface area contributed by atoms with Gasteiger partial charge in [0.25, 0.3) is 5.91 Å². The SMILES string of the molecule is CCc1ccc(C2C(C(=O)C(C)(C)C)=C(O)C(=O)N2CCOC)cc1. The van der Waals surface area contributed by atoms with Gasteiger partial charge in [0.1, 0.15) is 0 Å². The second-order valence-corrected chi connectivity index (χ2v) is 7.33. The largest absolute Gasteiger partial charge is 0.503 e. The molecule has 2 rings (SSSR count). The van der Waals surface area contributed by atoms with Crippen molar-refractivity contribution >= 4 is 11.7 Å². The van der Waals surface area contributed by atoms with Crippen LogP contribution in [0.2, 0.25) is 0 Å². The van der Waals surface area contributed by atoms with E-state index in [4.69, 9.17) is 4.74 Å². The van der Waals surface area contributed by atoms with Crippen molar-refractivity contribution in [2.45, 2.75) is 40.2 Å². The summed E-state index contributed by atoms with van der Waals surface area (Å²) < 4.78 is 5.09. The quantitative estimate of drug-likeness (QED) is 0.860. The van der Waals surface area contributed by atoms with Crippen molar-refractivity contribution in [3.63, 3.8) is 0 Å². The zero-order chi connectivity index (χ0) is 18.8. The zero-order valence-electron chi connectivity index (χ0n) is 15.6. The summed E-state index contributed by atoms with van der Waals surface area (Å²) in [6.07, 6.45) is 0.909. The number of hydrogen-bond acceptors (Lipinski definition) is 4. The number of aliphatic hydroxyl groups is 1. The highest BCUT2D eigenvalue weighted by Crippen LogP contribution is 2.40. The first kappa shape index (κ1) is 19.2. The summed E-state index contributed by atoms with van der Waals surface area (Å²) in [6.45, 7) is 8.07. The number of carbonyl (C=O) groups excluding carboxylic acids is 2. The van der Waals surface area contributed by atoms with Gasteiger partial charge in [-0.05, 0) is 17.5 Å². The fraction of sp³-hybridized carbons (Fsp3) is 0.500. The molecule has 0 saturated carbocycles. The molecule has 1 aromatic carbocycles. The van der Waals surface area contributed by atoms with Crippen LogP contribution in [-0.4, -0.2) is 42.0 Å². The van der Waals surface area contributed by atoms with E-state index in [-0.39, 0.29) is 11.4 Å². The van der Waals surface area contributed by atoms with Gasteiger partial charge in [-0.1, -0.05) is 52.0 Å². The molecule has 1 aliphatic rings. The molecule has 0 saturated heterocycles. The first-order valence-corrected chi connectivity index (χ1v) is 8.59. The minimum atomic E-state index is -0.692. The predicted molar refractivity (Wildman–Crippen MR) is 96.3 cm³/mol. The molecule has 0 aromatic heterocycles. The van der Waals surface area contributed by atoms with E-state index in [1.54, 1.807) is 27.9 Å². The van der Waals surface area contributed by atoms with Gasteiger partial charge in [0.05, 0.1) is 18.2 Å². The lowest BCUT2D eigenvalue weighted by molar-refractivity contribution is -0.130. The van der Waals surface area contributed by atoms with Crippen LogP contribution in [0.3, 0.4) is 0 Å². The number of aliphatic hydroxyl groups excluding tert-OH is 1. The van der Waals surface area contributed by atoms with Crippen molar-refractivity contribution in [1.29, 1.82) is 0 Å². The van der Waals surface area contributed by atoms with Crippen LogP contribution in [0.25, 0.3) is 0 Å². The summed E-state index contributed by atoms with van der Waals surface area (Å²) >= 11 is 0. The molecular weight excluding hydrogens is 318 g/mol. The topological polar surface area (TPSA) is 66.8 Å². The molecule has 0 fully saturated rings. The molecule has 0 aliphatic carbocycles. The Morgan fingerprint density at radius 2 is 1.84 bits per heavy atom. The van der Waals surface area contributed by atoms with Crippen molar-refractivity contribution in [3.8, 4) is 0 Å². The van der Waals surface area contributed by atoms with Crippen LogP contribution in [0.15, 0.2) is 35.6 Å². The number of nitrogens with zero attached hydrogens (tertiary/aromatic N) is 1. The Bertz CT molecular complexity index is 683. The van der Waals surface area contributed by atoms with E-state index in [0.717, 1.165) is 12.0 Å². The molecule has 0 radical (unpaired) electrons. The molecule has 1 unspecified atom stereocenters. The lowest BCUT2D eigenvalue weighted by Gasteiger charge is -2.28. The fourth-order valence-corrected chi connectivity index (χ4v) is 2.99. The Kier molecular flexibility index (Phi) is 5.68. The van der Waals surface area contributed by atoms with E-state index >= 15 is 0 Å². The van der Waals surface area contributed by atoms with Crippen LogP contribution < -0.4 is 0 Å². The van der Waals surface area contributed by atoms with Crippen molar-refractivity contribution in [1.82, 2.24) is 4.90 Å². The minimum Gasteiger partial charge on any atom is -0.503 e. The first-order valence-electron chi connectivity index (χ1n) is 8.59. The van der Waals surface area contributed by atoms with Crippen LogP contribution in [0, 0.1) is 5.41 Å². The highest BCUT2D eigenvalue weighted by atomic mass is 16.5. The number of benzene rings is 1. The number of ketones is 1. The molecule has 1 atom stereocenters. The van der Waals surface area contributed by atoms with Gasteiger partial charge < -0.3 is 14.7 Å². The minimum absolute atomic E-state index is 0.179. The number of Topliss-reactive ketones (excluding diaryl/α,β-unsaturated/α-hetero) is 1. The van der Waals surface area contributed by atoms with Gasteiger partial charge in [-0.25, -0.2) is 0 Å². The monoisotopic (exact) mass is 345 g/mol. The number of aryl methyl sites for hydroxylation is 1. The molecule has 5 heteroatoms. The van der Waals surface area contributed by atoms with Crippen molar-refractivity contribution < 1.29 is 19.4 Å². The van der Waals surface area contributed by atoms with E-state index in [9.17, 15) is 14.7 Å². The highest BCUT2D eigenvalue weighted by Gasteiger charge is 2.45. The standard InChI is InChI=1S/C20H27NO4/c1-6-13-7-9-14(10-8-13)16-15(18(23)20(2,3)4)17(22)19(24)21(16)11-12-25-5/h7-10,16,22H,6,11-12H2,1-5H3. The highest BCUT2D eigenvalue weighted by molar-refractivity contribution is 6.10. The van der Waals surface area contributed by atoms with E-state index in [0.29, 0.717) is 13.2 Å². The normalized spacial score (nSPS) is 18.2. The number of amides is 1. The van der Waals surface area contributed by atoms with Crippen molar-refractivity contribution in [3.05, 3.63) is 46.7 Å². The van der Waals surface area contributed by atoms with Crippen molar-refractivity contribution in [2.24, 2.45) is 5.41 Å². The Morgan fingerprint density at radius 3 is 2.32 bits per heavy atom. The third kappa shape index (κ3) is 3.76. The number of methoxy groups -OCH3 is 1. The molecule has 1 aliphatic heterocycles. The van der Waals surface area contributed by atoms with Crippen LogP contribution in [0.5, 0.6) is 0 Å². The Labute approximate surface area is 149 Å². The molecule has 1 aromatic rings. The summed E-state index contributed by atoms with van der Waals surface area (Å²) in [5, 5.41) is 10.4. The average Bonchev–Trinajstić information content (AvgIpc) is 2.82. The van der Waals surface area contributed by atoms with Gasteiger partial charge in [0, 0.05) is 19.1 Å². The molecule has 5 nitrogen and oxygen atoms in total. The molecule has 0 bridgehead atoms. The van der Waals surface area contributed by atoms with E-state index < -0.39 is 23.1 Å². The van der Waals surface area contributed by atoms with Gasteiger partial charge in [0.15, 0.2) is 11.5 Å². The van der Waals surface area contributed by atoms with E-state index in [2.05, 4.69) is 6.92 Å². The summed E-state index contributed by atoms with van der Waals surface area (Å²) in [7, 11) is 1.56. The summed E-state index contributed by atoms with van der Waals surface area (Å²) in [5.41, 5.74) is 1.48. The molecule has 25 heavy (non-hydrogen) atoms. The van der Waals surface area contributed by atoms with Gasteiger partial charge in [-0.2, -0.15) is 0 Å². The first-order chi connectivity index (χ1) is 11.7. The number of ether oxygens (including phenoxy) is 1. The third-order valence-electron chi connectivity index (χ3n) is 4.47. The number of hydrogen-bond donors (Lipinski definition) is 1. The predicted octanol–water partition coefficient (Wildman–Crippen LogP) is 3.21. The second kappa shape index (κ2) is 7.40. The smallest absolute Gasteiger partial charge is 0.290 e. The van der Waals surface area contributed by atoms with E-state index in [1.807, 2.05) is 24.3 Å². The van der Waals surface area contributed by atoms with Crippen molar-refractivity contribution in [2.75, 3.05) is 20.3 Å². The second-order valence-electron chi connectivity index (χ2n) is 7.33. The number of carbonyl (C=O) groups is 2. The van der Waals surface area contributed by atoms with Crippen LogP contribution >= 0.6 is 0 Å². The Balaban J connectivity index is 2.52. The molecule has 1 N–H and O–H groups in total. The Morgan fingerprint density at radius 1 is 1.24 bits per heavy atom. The van der Waals surface area contributed by atoms with Gasteiger partial charge >= 0.3 is 0 Å². The van der Waals surface area contributed by atoms with Gasteiger partial charge in [0.2, 0.25) is 0 Å². The molecule has 1 amide bonds. The van der Waals surface area contributed by atoms with Crippen LogP contribution in [0.1, 0.15) is 44.9 Å². The molecular formula is C20H27NO4. The summed E-state index contributed by atoms with van der Waals surface area (Å²) in [6, 6.07) is 7.24. The van der Waals surface area contributed by atoms with Gasteiger partial charge in [-0.15, -0.1) is 0 Å². The van der Waals surface area contributed by atoms with Crippen LogP contribution in [-0.2, 0) is 20.7 Å². The zero-order valence-corrected chi connectivity index (χ0v) is 15.6. The average molecular weight is 345 g/mol. The molecule has 1 heterocycles. The lowest BCUT2D eigenvalue weighted by Crippen LogP contribution is -2.35. The maximum atomic E-state index is 12.9. The summed E-state index contributed by atoms with van der Waals surface area (Å²) in [4.78, 5) is 27.0.